The summed E-state index contributed by atoms with van der Waals surface area (Å²) in [7, 11) is 0. The van der Waals surface area contributed by atoms with Gasteiger partial charge in [0.05, 0.1) is 11.5 Å². The normalized spacial score (nSPS) is 11.2. The van der Waals surface area contributed by atoms with Gasteiger partial charge in [0, 0.05) is 12.1 Å². The summed E-state index contributed by atoms with van der Waals surface area (Å²) in [6.07, 6.45) is 0.485. The van der Waals surface area contributed by atoms with Crippen molar-refractivity contribution in [2.24, 2.45) is 11.3 Å². The van der Waals surface area contributed by atoms with E-state index in [-0.39, 0.29) is 36.8 Å². The highest BCUT2D eigenvalue weighted by Gasteiger charge is 2.46. The summed E-state index contributed by atoms with van der Waals surface area (Å²) in [6.45, 7) is 7.48. The topological polar surface area (TPSA) is 95.7 Å². The zero-order chi connectivity index (χ0) is 18.3. The molecule has 0 aliphatic rings. The predicted octanol–water partition coefficient (Wildman–Crippen LogP) is 3.51. The smallest absolute Gasteiger partial charge is 0.328 e. The molecule has 0 atom stereocenters. The number of nitrogens with zero attached hydrogens (tertiary/aromatic N) is 1. The second kappa shape index (κ2) is 8.42. The van der Waals surface area contributed by atoms with Crippen LogP contribution in [0.25, 0.3) is 0 Å². The lowest BCUT2D eigenvalue weighted by atomic mass is 9.82. The lowest BCUT2D eigenvalue weighted by Crippen LogP contribution is -2.42. The van der Waals surface area contributed by atoms with Crippen LogP contribution in [0.4, 0.5) is 5.69 Å². The first kappa shape index (κ1) is 19.6. The molecule has 0 saturated carbocycles. The SMILES string of the molecule is CCC(CC)(C(=O)OCC(C)C)C(=O)Oc1ccc([N+](=O)[O-])cc1. The molecule has 1 aromatic rings. The monoisotopic (exact) mass is 337 g/mol. The van der Waals surface area contributed by atoms with E-state index in [0.29, 0.717) is 0 Å². The van der Waals surface area contributed by atoms with Crippen LogP contribution in [0, 0.1) is 21.4 Å². The Bertz CT molecular complexity index is 590. The van der Waals surface area contributed by atoms with E-state index in [2.05, 4.69) is 0 Å². The van der Waals surface area contributed by atoms with Crippen molar-refractivity contribution >= 4 is 17.6 Å². The number of benzene rings is 1. The third kappa shape index (κ3) is 4.53. The standard InChI is InChI=1S/C17H23NO6/c1-5-17(6-2,15(19)23-11-12(3)4)16(20)24-14-9-7-13(8-10-14)18(21)22/h7-10,12H,5-6,11H2,1-4H3. The predicted molar refractivity (Wildman–Crippen MR) is 87.5 cm³/mol. The molecule has 0 spiro atoms. The van der Waals surface area contributed by atoms with Gasteiger partial charge in [0.2, 0.25) is 0 Å². The zero-order valence-corrected chi connectivity index (χ0v) is 14.4. The van der Waals surface area contributed by atoms with E-state index in [1.807, 2.05) is 13.8 Å². The van der Waals surface area contributed by atoms with Crippen molar-refractivity contribution in [1.29, 1.82) is 0 Å². The maximum atomic E-state index is 12.5. The quantitative estimate of drug-likeness (QED) is 0.237. The largest absolute Gasteiger partial charge is 0.465 e. The molecule has 24 heavy (non-hydrogen) atoms. The average Bonchev–Trinajstić information content (AvgIpc) is 2.55. The Morgan fingerprint density at radius 2 is 1.67 bits per heavy atom. The molecule has 0 heterocycles. The lowest BCUT2D eigenvalue weighted by Gasteiger charge is -2.27. The first-order valence-electron chi connectivity index (χ1n) is 7.90. The molecule has 0 bridgehead atoms. The fourth-order valence-corrected chi connectivity index (χ4v) is 2.13. The van der Waals surface area contributed by atoms with Gasteiger partial charge < -0.3 is 9.47 Å². The third-order valence-electron chi connectivity index (χ3n) is 3.79. The first-order chi connectivity index (χ1) is 11.3. The number of rotatable bonds is 8. The summed E-state index contributed by atoms with van der Waals surface area (Å²) in [5, 5.41) is 10.6. The molecule has 132 valence electrons. The van der Waals surface area contributed by atoms with Gasteiger partial charge in [0.25, 0.3) is 5.69 Å². The van der Waals surface area contributed by atoms with Crippen molar-refractivity contribution in [2.75, 3.05) is 6.61 Å². The Morgan fingerprint density at radius 3 is 2.08 bits per heavy atom. The molecule has 1 rings (SSSR count). The second-order valence-corrected chi connectivity index (χ2v) is 5.92. The Hall–Kier alpha value is -2.44. The highest BCUT2D eigenvalue weighted by Crippen LogP contribution is 2.31. The van der Waals surface area contributed by atoms with Gasteiger partial charge >= 0.3 is 11.9 Å². The second-order valence-electron chi connectivity index (χ2n) is 5.92. The van der Waals surface area contributed by atoms with Crippen molar-refractivity contribution in [3.05, 3.63) is 34.4 Å². The van der Waals surface area contributed by atoms with E-state index in [1.165, 1.54) is 24.3 Å². The third-order valence-corrected chi connectivity index (χ3v) is 3.79. The summed E-state index contributed by atoms with van der Waals surface area (Å²) in [5.74, 6) is -1.01. The summed E-state index contributed by atoms with van der Waals surface area (Å²) < 4.78 is 10.5. The number of hydrogen-bond donors (Lipinski definition) is 0. The molecule has 7 heteroatoms. The average molecular weight is 337 g/mol. The molecule has 0 aliphatic heterocycles. The van der Waals surface area contributed by atoms with E-state index >= 15 is 0 Å². The van der Waals surface area contributed by atoms with E-state index in [4.69, 9.17) is 9.47 Å². The zero-order valence-electron chi connectivity index (χ0n) is 14.4. The number of esters is 2. The van der Waals surface area contributed by atoms with Gasteiger partial charge in [0.15, 0.2) is 5.41 Å². The minimum Gasteiger partial charge on any atom is -0.465 e. The van der Waals surface area contributed by atoms with E-state index < -0.39 is 22.3 Å². The van der Waals surface area contributed by atoms with Gasteiger partial charge in [-0.15, -0.1) is 0 Å². The number of carbonyl (C=O) groups is 2. The van der Waals surface area contributed by atoms with E-state index in [0.717, 1.165) is 0 Å². The molecule has 0 aliphatic carbocycles. The highest BCUT2D eigenvalue weighted by atomic mass is 16.6. The molecule has 0 amide bonds. The van der Waals surface area contributed by atoms with Crippen molar-refractivity contribution in [3.63, 3.8) is 0 Å². The molecule has 0 radical (unpaired) electrons. The summed E-state index contributed by atoms with van der Waals surface area (Å²) in [5.41, 5.74) is -1.49. The number of nitro benzene ring substituents is 1. The molecular weight excluding hydrogens is 314 g/mol. The summed E-state index contributed by atoms with van der Waals surface area (Å²) in [6, 6.07) is 5.12. The van der Waals surface area contributed by atoms with Crippen LogP contribution >= 0.6 is 0 Å². The van der Waals surface area contributed by atoms with Crippen LogP contribution in [0.3, 0.4) is 0 Å². The molecule has 1 aromatic carbocycles. The van der Waals surface area contributed by atoms with Crippen LogP contribution in [0.2, 0.25) is 0 Å². The fourth-order valence-electron chi connectivity index (χ4n) is 2.13. The van der Waals surface area contributed by atoms with Crippen LogP contribution in [0.5, 0.6) is 5.75 Å². The molecule has 0 N–H and O–H groups in total. The number of hydrogen-bond acceptors (Lipinski definition) is 6. The van der Waals surface area contributed by atoms with Crippen molar-refractivity contribution in [3.8, 4) is 5.75 Å². The summed E-state index contributed by atoms with van der Waals surface area (Å²) >= 11 is 0. The van der Waals surface area contributed by atoms with Crippen LogP contribution in [-0.2, 0) is 14.3 Å². The Kier molecular flexibility index (Phi) is 6.88. The minimum absolute atomic E-state index is 0.108. The van der Waals surface area contributed by atoms with Crippen LogP contribution in [-0.4, -0.2) is 23.5 Å². The summed E-state index contributed by atoms with van der Waals surface area (Å²) in [4.78, 5) is 35.0. The van der Waals surface area contributed by atoms with Crippen molar-refractivity contribution < 1.29 is 24.0 Å². The lowest BCUT2D eigenvalue weighted by molar-refractivity contribution is -0.384. The Labute approximate surface area is 141 Å². The van der Waals surface area contributed by atoms with Gasteiger partial charge in [0.1, 0.15) is 5.75 Å². The van der Waals surface area contributed by atoms with Crippen molar-refractivity contribution in [2.45, 2.75) is 40.5 Å². The molecular formula is C17H23NO6. The van der Waals surface area contributed by atoms with Gasteiger partial charge in [-0.25, -0.2) is 0 Å². The number of non-ortho nitro benzene ring substituents is 1. The van der Waals surface area contributed by atoms with Gasteiger partial charge in [-0.05, 0) is 30.9 Å². The minimum atomic E-state index is -1.38. The van der Waals surface area contributed by atoms with Crippen LogP contribution in [0.15, 0.2) is 24.3 Å². The van der Waals surface area contributed by atoms with E-state index in [1.54, 1.807) is 13.8 Å². The Morgan fingerprint density at radius 1 is 1.12 bits per heavy atom. The Balaban J connectivity index is 2.93. The fraction of sp³-hybridized carbons (Fsp3) is 0.529. The van der Waals surface area contributed by atoms with Gasteiger partial charge in [-0.3, -0.25) is 19.7 Å². The molecule has 0 unspecified atom stereocenters. The molecule has 0 fully saturated rings. The number of ether oxygens (including phenoxy) is 2. The highest BCUT2D eigenvalue weighted by molar-refractivity contribution is 6.00. The van der Waals surface area contributed by atoms with E-state index in [9.17, 15) is 19.7 Å². The maximum absolute atomic E-state index is 12.5. The molecule has 7 nitrogen and oxygen atoms in total. The maximum Gasteiger partial charge on any atom is 0.328 e. The first-order valence-corrected chi connectivity index (χ1v) is 7.90. The van der Waals surface area contributed by atoms with Crippen molar-refractivity contribution in [1.82, 2.24) is 0 Å². The number of carbonyl (C=O) groups excluding carboxylic acids is 2. The molecule has 0 aromatic heterocycles. The van der Waals surface area contributed by atoms with Crippen LogP contribution in [0.1, 0.15) is 40.5 Å². The van der Waals surface area contributed by atoms with Crippen LogP contribution < -0.4 is 4.74 Å². The number of nitro groups is 1. The van der Waals surface area contributed by atoms with Gasteiger partial charge in [-0.2, -0.15) is 0 Å². The molecule has 0 saturated heterocycles. The van der Waals surface area contributed by atoms with Gasteiger partial charge in [-0.1, -0.05) is 27.7 Å².